The minimum absolute atomic E-state index is 0.162. The summed E-state index contributed by atoms with van der Waals surface area (Å²) in [6.07, 6.45) is 3.34. The SMILES string of the molecule is Cc1ccccc1OCCC(=O)N1CCN([C@H]2CCC[C@@H]2O)CC1. The van der Waals surface area contributed by atoms with E-state index in [1.165, 1.54) is 0 Å². The normalized spacial score (nSPS) is 25.0. The van der Waals surface area contributed by atoms with Gasteiger partial charge >= 0.3 is 0 Å². The number of aryl methyl sites for hydroxylation is 1. The number of amides is 1. The fraction of sp³-hybridized carbons (Fsp3) is 0.632. The van der Waals surface area contributed by atoms with Crippen molar-refractivity contribution in [3.05, 3.63) is 29.8 Å². The van der Waals surface area contributed by atoms with Crippen molar-refractivity contribution < 1.29 is 14.6 Å². The van der Waals surface area contributed by atoms with E-state index >= 15 is 0 Å². The van der Waals surface area contributed by atoms with Crippen LogP contribution in [0.15, 0.2) is 24.3 Å². The molecule has 1 N–H and O–H groups in total. The molecule has 1 heterocycles. The van der Waals surface area contributed by atoms with Crippen LogP contribution in [0.4, 0.5) is 0 Å². The van der Waals surface area contributed by atoms with E-state index in [1.54, 1.807) is 0 Å². The van der Waals surface area contributed by atoms with Gasteiger partial charge in [-0.3, -0.25) is 9.69 Å². The van der Waals surface area contributed by atoms with Gasteiger partial charge in [0, 0.05) is 32.2 Å². The Balaban J connectivity index is 1.40. The van der Waals surface area contributed by atoms with Gasteiger partial charge in [-0.15, -0.1) is 0 Å². The van der Waals surface area contributed by atoms with Crippen LogP contribution in [0.2, 0.25) is 0 Å². The molecule has 5 nitrogen and oxygen atoms in total. The van der Waals surface area contributed by atoms with Gasteiger partial charge < -0.3 is 14.7 Å². The highest BCUT2D eigenvalue weighted by molar-refractivity contribution is 5.76. The monoisotopic (exact) mass is 332 g/mol. The van der Waals surface area contributed by atoms with Crippen molar-refractivity contribution in [3.63, 3.8) is 0 Å². The van der Waals surface area contributed by atoms with Gasteiger partial charge in [-0.05, 0) is 37.8 Å². The van der Waals surface area contributed by atoms with E-state index in [0.29, 0.717) is 19.1 Å². The Bertz CT molecular complexity index is 555. The molecule has 0 bridgehead atoms. The summed E-state index contributed by atoms with van der Waals surface area (Å²) in [6.45, 7) is 5.68. The van der Waals surface area contributed by atoms with E-state index < -0.39 is 0 Å². The summed E-state index contributed by atoms with van der Waals surface area (Å²) in [7, 11) is 0. The molecule has 0 spiro atoms. The molecule has 2 aliphatic rings. The van der Waals surface area contributed by atoms with Gasteiger partial charge in [-0.1, -0.05) is 18.2 Å². The number of aliphatic hydroxyl groups is 1. The zero-order chi connectivity index (χ0) is 16.9. The van der Waals surface area contributed by atoms with E-state index in [-0.39, 0.29) is 12.0 Å². The van der Waals surface area contributed by atoms with E-state index in [0.717, 1.165) is 56.8 Å². The fourth-order valence-electron chi connectivity index (χ4n) is 3.77. The van der Waals surface area contributed by atoms with Crippen LogP contribution >= 0.6 is 0 Å². The maximum atomic E-state index is 12.3. The van der Waals surface area contributed by atoms with Crippen LogP contribution in [0.25, 0.3) is 0 Å². The first-order valence-corrected chi connectivity index (χ1v) is 9.03. The quantitative estimate of drug-likeness (QED) is 0.894. The minimum Gasteiger partial charge on any atom is -0.493 e. The van der Waals surface area contributed by atoms with Crippen molar-refractivity contribution in [2.75, 3.05) is 32.8 Å². The molecule has 0 aromatic heterocycles. The van der Waals surface area contributed by atoms with Crippen LogP contribution in [-0.2, 0) is 4.79 Å². The highest BCUT2D eigenvalue weighted by Crippen LogP contribution is 2.25. The van der Waals surface area contributed by atoms with Gasteiger partial charge in [-0.25, -0.2) is 0 Å². The summed E-state index contributed by atoms with van der Waals surface area (Å²) < 4.78 is 5.72. The number of hydrogen-bond acceptors (Lipinski definition) is 4. The van der Waals surface area contributed by atoms with Crippen molar-refractivity contribution in [1.29, 1.82) is 0 Å². The van der Waals surface area contributed by atoms with Crippen molar-refractivity contribution in [1.82, 2.24) is 9.80 Å². The predicted molar refractivity (Wildman–Crippen MR) is 93.1 cm³/mol. The zero-order valence-corrected chi connectivity index (χ0v) is 14.5. The molecular weight excluding hydrogens is 304 g/mol. The summed E-state index contributed by atoms with van der Waals surface area (Å²) in [6, 6.07) is 8.17. The molecular formula is C19H28N2O3. The second kappa shape index (κ2) is 7.99. The average molecular weight is 332 g/mol. The summed E-state index contributed by atoms with van der Waals surface area (Å²) in [5.74, 6) is 1.01. The molecule has 1 aliphatic carbocycles. The molecule has 2 atom stereocenters. The maximum absolute atomic E-state index is 12.3. The zero-order valence-electron chi connectivity index (χ0n) is 14.5. The van der Waals surface area contributed by atoms with E-state index in [9.17, 15) is 9.90 Å². The Morgan fingerprint density at radius 2 is 1.96 bits per heavy atom. The van der Waals surface area contributed by atoms with Crippen LogP contribution in [0.3, 0.4) is 0 Å². The number of ether oxygens (including phenoxy) is 1. The van der Waals surface area contributed by atoms with Gasteiger partial charge in [0.05, 0.1) is 19.1 Å². The lowest BCUT2D eigenvalue weighted by atomic mass is 10.1. The number of nitrogens with zero attached hydrogens (tertiary/aromatic N) is 2. The van der Waals surface area contributed by atoms with Crippen LogP contribution < -0.4 is 4.74 Å². The van der Waals surface area contributed by atoms with Crippen LogP contribution in [-0.4, -0.2) is 65.7 Å². The maximum Gasteiger partial charge on any atom is 0.226 e. The van der Waals surface area contributed by atoms with E-state index in [1.807, 2.05) is 36.1 Å². The predicted octanol–water partition coefficient (Wildman–Crippen LogP) is 1.82. The first-order valence-electron chi connectivity index (χ1n) is 9.03. The van der Waals surface area contributed by atoms with Crippen LogP contribution in [0.5, 0.6) is 5.75 Å². The number of hydrogen-bond donors (Lipinski definition) is 1. The van der Waals surface area contributed by atoms with Gasteiger partial charge in [0.25, 0.3) is 0 Å². The molecule has 1 aromatic rings. The molecule has 132 valence electrons. The van der Waals surface area contributed by atoms with E-state index in [4.69, 9.17) is 4.74 Å². The molecule has 1 aliphatic heterocycles. The average Bonchev–Trinajstić information content (AvgIpc) is 3.03. The first kappa shape index (κ1) is 17.2. The van der Waals surface area contributed by atoms with Crippen molar-refractivity contribution >= 4 is 5.91 Å². The lowest BCUT2D eigenvalue weighted by Gasteiger charge is -2.39. The number of piperazine rings is 1. The highest BCUT2D eigenvalue weighted by atomic mass is 16.5. The van der Waals surface area contributed by atoms with Gasteiger partial charge in [-0.2, -0.15) is 0 Å². The molecule has 1 amide bonds. The molecule has 1 saturated heterocycles. The molecule has 1 saturated carbocycles. The van der Waals surface area contributed by atoms with Crippen molar-refractivity contribution in [2.45, 2.75) is 44.8 Å². The third-order valence-electron chi connectivity index (χ3n) is 5.25. The number of benzene rings is 1. The number of carbonyl (C=O) groups is 1. The summed E-state index contributed by atoms with van der Waals surface area (Å²) in [4.78, 5) is 16.6. The minimum atomic E-state index is -0.185. The lowest BCUT2D eigenvalue weighted by Crippen LogP contribution is -2.53. The number of carbonyl (C=O) groups excluding carboxylic acids is 1. The smallest absolute Gasteiger partial charge is 0.226 e. The van der Waals surface area contributed by atoms with Gasteiger partial charge in [0.2, 0.25) is 5.91 Å². The largest absolute Gasteiger partial charge is 0.493 e. The standard InChI is InChI=1S/C19H28N2O3/c1-15-5-2-3-8-18(15)24-14-9-19(23)21-12-10-20(11-13-21)16-6-4-7-17(16)22/h2-3,5,8,16-17,22H,4,6-7,9-14H2,1H3/t16-,17-/m0/s1. The molecule has 3 rings (SSSR count). The molecule has 5 heteroatoms. The molecule has 0 unspecified atom stereocenters. The Morgan fingerprint density at radius 1 is 1.21 bits per heavy atom. The Hall–Kier alpha value is -1.59. The van der Waals surface area contributed by atoms with Crippen LogP contribution in [0.1, 0.15) is 31.2 Å². The highest BCUT2D eigenvalue weighted by Gasteiger charge is 2.33. The Morgan fingerprint density at radius 3 is 2.62 bits per heavy atom. The summed E-state index contributed by atoms with van der Waals surface area (Å²) >= 11 is 0. The number of para-hydroxylation sites is 1. The molecule has 1 aromatic carbocycles. The second-order valence-corrected chi connectivity index (χ2v) is 6.85. The fourth-order valence-corrected chi connectivity index (χ4v) is 3.77. The van der Waals surface area contributed by atoms with Crippen LogP contribution in [0, 0.1) is 6.92 Å². The first-order chi connectivity index (χ1) is 11.6. The third kappa shape index (κ3) is 4.08. The topological polar surface area (TPSA) is 53.0 Å². The number of aliphatic hydroxyl groups excluding tert-OH is 1. The molecule has 24 heavy (non-hydrogen) atoms. The van der Waals surface area contributed by atoms with Gasteiger partial charge in [0.1, 0.15) is 5.75 Å². The lowest BCUT2D eigenvalue weighted by molar-refractivity contribution is -0.134. The summed E-state index contributed by atoms with van der Waals surface area (Å²) in [5, 5.41) is 10.0. The van der Waals surface area contributed by atoms with Crippen molar-refractivity contribution in [2.24, 2.45) is 0 Å². The Kier molecular flexibility index (Phi) is 5.74. The van der Waals surface area contributed by atoms with E-state index in [2.05, 4.69) is 4.90 Å². The van der Waals surface area contributed by atoms with Crippen molar-refractivity contribution in [3.8, 4) is 5.75 Å². The second-order valence-electron chi connectivity index (χ2n) is 6.85. The Labute approximate surface area is 144 Å². The number of rotatable bonds is 5. The third-order valence-corrected chi connectivity index (χ3v) is 5.25. The molecule has 0 radical (unpaired) electrons. The molecule has 2 fully saturated rings. The summed E-state index contributed by atoms with van der Waals surface area (Å²) in [5.41, 5.74) is 1.09. The van der Waals surface area contributed by atoms with Gasteiger partial charge in [0.15, 0.2) is 0 Å².